The lowest BCUT2D eigenvalue weighted by Gasteiger charge is -2.23. The van der Waals surface area contributed by atoms with Gasteiger partial charge in [-0.05, 0) is 25.9 Å². The van der Waals surface area contributed by atoms with Gasteiger partial charge in [-0.25, -0.2) is 0 Å². The lowest BCUT2D eigenvalue weighted by molar-refractivity contribution is 0.154. The van der Waals surface area contributed by atoms with Crippen molar-refractivity contribution in [2.24, 2.45) is 5.73 Å². The monoisotopic (exact) mass is 186 g/mol. The molecule has 0 aromatic heterocycles. The third kappa shape index (κ3) is 4.60. The number of hydrogen-bond donors (Lipinski definition) is 1. The molecule has 0 aromatic carbocycles. The summed E-state index contributed by atoms with van der Waals surface area (Å²) in [6.45, 7) is 4.11. The van der Waals surface area contributed by atoms with E-state index >= 15 is 0 Å². The molecule has 0 amide bonds. The Bertz CT molecular complexity index is 122. The van der Waals surface area contributed by atoms with Crippen LogP contribution in [0, 0.1) is 0 Å². The van der Waals surface area contributed by atoms with Gasteiger partial charge in [0.15, 0.2) is 0 Å². The number of nitrogens with zero attached hydrogens (tertiary/aromatic N) is 1. The Kier molecular flexibility index (Phi) is 5.35. The van der Waals surface area contributed by atoms with E-state index in [9.17, 15) is 0 Å². The average molecular weight is 186 g/mol. The van der Waals surface area contributed by atoms with Gasteiger partial charge in [-0.15, -0.1) is 0 Å². The first kappa shape index (κ1) is 11.0. The minimum atomic E-state index is 0.183. The van der Waals surface area contributed by atoms with Crippen LogP contribution in [-0.2, 0) is 4.74 Å². The summed E-state index contributed by atoms with van der Waals surface area (Å²) in [5, 5.41) is 0. The Morgan fingerprint density at radius 3 is 2.38 bits per heavy atom. The molecular formula is C10H22N2O. The minimum Gasteiger partial charge on any atom is -0.383 e. The van der Waals surface area contributed by atoms with E-state index in [0.717, 1.165) is 6.54 Å². The van der Waals surface area contributed by atoms with Crippen molar-refractivity contribution in [2.75, 3.05) is 33.4 Å². The molecule has 13 heavy (non-hydrogen) atoms. The van der Waals surface area contributed by atoms with E-state index in [1.54, 1.807) is 7.11 Å². The predicted octanol–water partition coefficient (Wildman–Crippen LogP) is 0.836. The van der Waals surface area contributed by atoms with E-state index in [0.29, 0.717) is 6.61 Å². The highest BCUT2D eigenvalue weighted by Gasteiger charge is 2.12. The average Bonchev–Trinajstić information content (AvgIpc) is 2.33. The third-order valence-electron chi connectivity index (χ3n) is 2.57. The first-order valence-electron chi connectivity index (χ1n) is 5.30. The first-order chi connectivity index (χ1) is 6.33. The van der Waals surface area contributed by atoms with Gasteiger partial charge in [-0.3, -0.25) is 0 Å². The quantitative estimate of drug-likeness (QED) is 0.707. The van der Waals surface area contributed by atoms with Crippen LogP contribution >= 0.6 is 0 Å². The topological polar surface area (TPSA) is 38.5 Å². The van der Waals surface area contributed by atoms with Gasteiger partial charge >= 0.3 is 0 Å². The zero-order valence-corrected chi connectivity index (χ0v) is 8.67. The highest BCUT2D eigenvalue weighted by molar-refractivity contribution is 4.70. The standard InChI is InChI=1S/C10H22N2O/c1-13-9-10(11)8-12-6-4-2-3-5-7-12/h10H,2-9,11H2,1H3. The summed E-state index contributed by atoms with van der Waals surface area (Å²) < 4.78 is 5.02. The molecule has 0 bridgehead atoms. The number of likely N-dealkylation sites (tertiary alicyclic amines) is 1. The van der Waals surface area contributed by atoms with Gasteiger partial charge in [0.25, 0.3) is 0 Å². The van der Waals surface area contributed by atoms with Crippen molar-refractivity contribution in [3.8, 4) is 0 Å². The Balaban J connectivity index is 2.17. The van der Waals surface area contributed by atoms with Crippen molar-refractivity contribution >= 4 is 0 Å². The lowest BCUT2D eigenvalue weighted by atomic mass is 10.2. The molecule has 1 unspecified atom stereocenters. The molecule has 3 heteroatoms. The summed E-state index contributed by atoms with van der Waals surface area (Å²) >= 11 is 0. The second kappa shape index (κ2) is 6.35. The highest BCUT2D eigenvalue weighted by atomic mass is 16.5. The zero-order valence-electron chi connectivity index (χ0n) is 8.67. The summed E-state index contributed by atoms with van der Waals surface area (Å²) in [5.41, 5.74) is 5.90. The molecule has 1 saturated heterocycles. The van der Waals surface area contributed by atoms with Crippen LogP contribution in [0.1, 0.15) is 25.7 Å². The van der Waals surface area contributed by atoms with Crippen molar-refractivity contribution in [1.29, 1.82) is 0 Å². The van der Waals surface area contributed by atoms with E-state index in [2.05, 4.69) is 4.90 Å². The molecule has 3 nitrogen and oxygen atoms in total. The van der Waals surface area contributed by atoms with Crippen LogP contribution in [0.3, 0.4) is 0 Å². The summed E-state index contributed by atoms with van der Waals surface area (Å²) in [6, 6.07) is 0.183. The largest absolute Gasteiger partial charge is 0.383 e. The summed E-state index contributed by atoms with van der Waals surface area (Å²) in [6.07, 6.45) is 5.44. The van der Waals surface area contributed by atoms with Gasteiger partial charge in [0, 0.05) is 19.7 Å². The van der Waals surface area contributed by atoms with E-state index in [1.165, 1.54) is 38.8 Å². The smallest absolute Gasteiger partial charge is 0.0626 e. The molecule has 1 atom stereocenters. The Morgan fingerprint density at radius 1 is 1.23 bits per heavy atom. The lowest BCUT2D eigenvalue weighted by Crippen LogP contribution is -2.40. The number of nitrogens with two attached hydrogens (primary N) is 1. The molecule has 1 aliphatic heterocycles. The fourth-order valence-electron chi connectivity index (χ4n) is 1.92. The molecule has 1 fully saturated rings. The van der Waals surface area contributed by atoms with Crippen molar-refractivity contribution in [3.63, 3.8) is 0 Å². The summed E-state index contributed by atoms with van der Waals surface area (Å²) in [5.74, 6) is 0. The maximum Gasteiger partial charge on any atom is 0.0626 e. The maximum absolute atomic E-state index is 5.90. The van der Waals surface area contributed by atoms with Crippen LogP contribution in [0.4, 0.5) is 0 Å². The Labute approximate surface area is 81.2 Å². The van der Waals surface area contributed by atoms with Crippen LogP contribution in [0.2, 0.25) is 0 Å². The van der Waals surface area contributed by atoms with E-state index in [-0.39, 0.29) is 6.04 Å². The zero-order chi connectivity index (χ0) is 9.52. The van der Waals surface area contributed by atoms with E-state index in [1.807, 2.05) is 0 Å². The highest BCUT2D eigenvalue weighted by Crippen LogP contribution is 2.09. The molecule has 0 radical (unpaired) electrons. The maximum atomic E-state index is 5.90. The normalized spacial score (nSPS) is 22.6. The van der Waals surface area contributed by atoms with E-state index in [4.69, 9.17) is 10.5 Å². The van der Waals surface area contributed by atoms with Crippen LogP contribution in [0.25, 0.3) is 0 Å². The van der Waals surface area contributed by atoms with Crippen molar-refractivity contribution in [3.05, 3.63) is 0 Å². The number of ether oxygens (including phenoxy) is 1. The Morgan fingerprint density at radius 2 is 1.85 bits per heavy atom. The number of methoxy groups -OCH3 is 1. The van der Waals surface area contributed by atoms with Crippen LogP contribution in [0.5, 0.6) is 0 Å². The van der Waals surface area contributed by atoms with Crippen molar-refractivity contribution < 1.29 is 4.74 Å². The second-order valence-electron chi connectivity index (χ2n) is 3.93. The molecule has 1 aliphatic rings. The van der Waals surface area contributed by atoms with Gasteiger partial charge in [0.05, 0.1) is 6.61 Å². The molecule has 1 heterocycles. The SMILES string of the molecule is COCC(N)CN1CCCCCC1. The predicted molar refractivity (Wildman–Crippen MR) is 54.8 cm³/mol. The fraction of sp³-hybridized carbons (Fsp3) is 1.00. The first-order valence-corrected chi connectivity index (χ1v) is 5.30. The van der Waals surface area contributed by atoms with Gasteiger partial charge in [-0.1, -0.05) is 12.8 Å². The van der Waals surface area contributed by atoms with Gasteiger partial charge in [0.1, 0.15) is 0 Å². The molecular weight excluding hydrogens is 164 g/mol. The molecule has 0 saturated carbocycles. The van der Waals surface area contributed by atoms with Crippen LogP contribution in [0.15, 0.2) is 0 Å². The van der Waals surface area contributed by atoms with Crippen LogP contribution < -0.4 is 5.73 Å². The fourth-order valence-corrected chi connectivity index (χ4v) is 1.92. The minimum absolute atomic E-state index is 0.183. The Hall–Kier alpha value is -0.120. The molecule has 0 spiro atoms. The van der Waals surface area contributed by atoms with Gasteiger partial charge < -0.3 is 15.4 Å². The number of rotatable bonds is 4. The molecule has 0 aromatic rings. The summed E-state index contributed by atoms with van der Waals surface area (Å²) in [7, 11) is 1.71. The van der Waals surface area contributed by atoms with Gasteiger partial charge in [0.2, 0.25) is 0 Å². The molecule has 1 rings (SSSR count). The van der Waals surface area contributed by atoms with Crippen molar-refractivity contribution in [1.82, 2.24) is 4.90 Å². The molecule has 2 N–H and O–H groups in total. The van der Waals surface area contributed by atoms with Crippen molar-refractivity contribution in [2.45, 2.75) is 31.7 Å². The van der Waals surface area contributed by atoms with Crippen LogP contribution in [-0.4, -0.2) is 44.3 Å². The molecule has 0 aliphatic carbocycles. The van der Waals surface area contributed by atoms with E-state index < -0.39 is 0 Å². The molecule has 78 valence electrons. The van der Waals surface area contributed by atoms with Gasteiger partial charge in [-0.2, -0.15) is 0 Å². The summed E-state index contributed by atoms with van der Waals surface area (Å²) in [4.78, 5) is 2.47. The third-order valence-corrected chi connectivity index (χ3v) is 2.57. The number of hydrogen-bond acceptors (Lipinski definition) is 3. The second-order valence-corrected chi connectivity index (χ2v) is 3.93.